The lowest BCUT2D eigenvalue weighted by molar-refractivity contribution is 0.0702. The normalized spacial score (nSPS) is 10.6. The molecule has 108 valence electrons. The Balaban J connectivity index is 2.29. The van der Waals surface area contributed by atoms with Gasteiger partial charge >= 0.3 is 5.97 Å². The van der Waals surface area contributed by atoms with Crippen molar-refractivity contribution in [1.29, 1.82) is 5.26 Å². The van der Waals surface area contributed by atoms with Crippen LogP contribution in [0.2, 0.25) is 0 Å². The van der Waals surface area contributed by atoms with E-state index in [1.807, 2.05) is 18.2 Å². The van der Waals surface area contributed by atoms with Crippen molar-refractivity contribution in [2.24, 2.45) is 5.92 Å². The van der Waals surface area contributed by atoms with Gasteiger partial charge in [0.05, 0.1) is 5.56 Å². The Hall–Kier alpha value is -1.77. The summed E-state index contributed by atoms with van der Waals surface area (Å²) in [5.41, 5.74) is 1.53. The van der Waals surface area contributed by atoms with Gasteiger partial charge in [-0.15, -0.1) is 23.1 Å². The van der Waals surface area contributed by atoms with Crippen LogP contribution in [0.3, 0.4) is 0 Å². The highest BCUT2D eigenvalue weighted by Crippen LogP contribution is 2.32. The molecule has 0 amide bonds. The zero-order valence-electron chi connectivity index (χ0n) is 11.8. The first-order chi connectivity index (χ1) is 10.0. The van der Waals surface area contributed by atoms with Crippen LogP contribution in [0.25, 0.3) is 10.4 Å². The summed E-state index contributed by atoms with van der Waals surface area (Å²) in [6.07, 6.45) is 0. The lowest BCUT2D eigenvalue weighted by atomic mass is 10.1. The second-order valence-corrected chi connectivity index (χ2v) is 7.14. The van der Waals surface area contributed by atoms with Crippen LogP contribution in [0.15, 0.2) is 35.2 Å². The van der Waals surface area contributed by atoms with Gasteiger partial charge in [0, 0.05) is 15.5 Å². The molecule has 0 saturated carbocycles. The molecule has 0 saturated heterocycles. The number of rotatable bonds is 5. The molecule has 5 heteroatoms. The van der Waals surface area contributed by atoms with E-state index >= 15 is 0 Å². The molecule has 21 heavy (non-hydrogen) atoms. The highest BCUT2D eigenvalue weighted by atomic mass is 32.2. The average molecular weight is 317 g/mol. The lowest BCUT2D eigenvalue weighted by Gasteiger charge is -2.07. The standard InChI is InChI=1S/C16H15NO2S2/c1-10(2)9-20-13-4-3-11(7-12(13)8-17)14-5-6-15(21-14)16(18)19/h3-7,10H,9H2,1-2H3,(H,18,19). The van der Waals surface area contributed by atoms with Crippen molar-refractivity contribution in [3.05, 3.63) is 40.8 Å². The summed E-state index contributed by atoms with van der Waals surface area (Å²) in [4.78, 5) is 13.1. The van der Waals surface area contributed by atoms with Crippen molar-refractivity contribution in [2.75, 3.05) is 5.75 Å². The lowest BCUT2D eigenvalue weighted by Crippen LogP contribution is -1.92. The summed E-state index contributed by atoms with van der Waals surface area (Å²) in [5.74, 6) is 0.614. The van der Waals surface area contributed by atoms with Gasteiger partial charge in [-0.05, 0) is 35.7 Å². The van der Waals surface area contributed by atoms with Crippen LogP contribution in [-0.2, 0) is 0 Å². The maximum atomic E-state index is 10.9. The van der Waals surface area contributed by atoms with Gasteiger partial charge < -0.3 is 5.11 Å². The number of hydrogen-bond acceptors (Lipinski definition) is 4. The molecular weight excluding hydrogens is 302 g/mol. The quantitative estimate of drug-likeness (QED) is 0.810. The van der Waals surface area contributed by atoms with E-state index < -0.39 is 5.97 Å². The molecule has 1 heterocycles. The highest BCUT2D eigenvalue weighted by Gasteiger charge is 2.11. The first-order valence-corrected chi connectivity index (χ1v) is 8.32. The summed E-state index contributed by atoms with van der Waals surface area (Å²) >= 11 is 2.90. The number of benzene rings is 1. The molecular formula is C16H15NO2S2. The van der Waals surface area contributed by atoms with E-state index in [4.69, 9.17) is 5.11 Å². The molecule has 0 aliphatic rings. The molecule has 2 aromatic rings. The minimum Gasteiger partial charge on any atom is -0.477 e. The molecule has 2 rings (SSSR count). The smallest absolute Gasteiger partial charge is 0.345 e. The fourth-order valence-electron chi connectivity index (χ4n) is 1.76. The van der Waals surface area contributed by atoms with E-state index in [1.54, 1.807) is 23.9 Å². The van der Waals surface area contributed by atoms with Gasteiger partial charge in [-0.1, -0.05) is 19.9 Å². The number of carboxylic acid groups (broad SMARTS) is 1. The minimum absolute atomic E-state index is 0.307. The van der Waals surface area contributed by atoms with Gasteiger partial charge in [-0.25, -0.2) is 4.79 Å². The third-order valence-corrected chi connectivity index (χ3v) is 5.40. The Kier molecular flexibility index (Phi) is 5.05. The highest BCUT2D eigenvalue weighted by molar-refractivity contribution is 7.99. The number of carbonyl (C=O) groups is 1. The maximum Gasteiger partial charge on any atom is 0.345 e. The monoisotopic (exact) mass is 317 g/mol. The second-order valence-electron chi connectivity index (χ2n) is 5.00. The summed E-state index contributed by atoms with van der Waals surface area (Å²) in [6, 6.07) is 11.3. The van der Waals surface area contributed by atoms with Crippen LogP contribution >= 0.6 is 23.1 Å². The molecule has 0 bridgehead atoms. The predicted molar refractivity (Wildman–Crippen MR) is 87.0 cm³/mol. The molecule has 0 fully saturated rings. The van der Waals surface area contributed by atoms with E-state index in [-0.39, 0.29) is 0 Å². The SMILES string of the molecule is CC(C)CSc1ccc(-c2ccc(C(=O)O)s2)cc1C#N. The molecule has 1 aromatic carbocycles. The zero-order chi connectivity index (χ0) is 15.4. The molecule has 3 nitrogen and oxygen atoms in total. The molecule has 1 aromatic heterocycles. The van der Waals surface area contributed by atoms with Crippen LogP contribution in [0.4, 0.5) is 0 Å². The number of hydrogen-bond donors (Lipinski definition) is 1. The van der Waals surface area contributed by atoms with E-state index in [0.717, 1.165) is 21.1 Å². The Morgan fingerprint density at radius 2 is 2.14 bits per heavy atom. The van der Waals surface area contributed by atoms with Crippen LogP contribution < -0.4 is 0 Å². The van der Waals surface area contributed by atoms with E-state index in [9.17, 15) is 10.1 Å². The summed E-state index contributed by atoms with van der Waals surface area (Å²) in [6.45, 7) is 4.29. The van der Waals surface area contributed by atoms with Crippen LogP contribution in [-0.4, -0.2) is 16.8 Å². The van der Waals surface area contributed by atoms with Gasteiger partial charge in [0.15, 0.2) is 0 Å². The molecule has 1 N–H and O–H groups in total. The number of thiophene rings is 1. The predicted octanol–water partition coefficient (Wildman–Crippen LogP) is 4.73. The van der Waals surface area contributed by atoms with Crippen LogP contribution in [0, 0.1) is 17.2 Å². The first kappa shape index (κ1) is 15.6. The maximum absolute atomic E-state index is 10.9. The van der Waals surface area contributed by atoms with Gasteiger partial charge in [-0.2, -0.15) is 5.26 Å². The minimum atomic E-state index is -0.920. The number of nitriles is 1. The Morgan fingerprint density at radius 3 is 2.71 bits per heavy atom. The topological polar surface area (TPSA) is 61.1 Å². The van der Waals surface area contributed by atoms with Crippen molar-refractivity contribution in [3.63, 3.8) is 0 Å². The molecule has 0 aliphatic heterocycles. The Morgan fingerprint density at radius 1 is 1.38 bits per heavy atom. The number of carboxylic acids is 1. The van der Waals surface area contributed by atoms with Crippen molar-refractivity contribution in [1.82, 2.24) is 0 Å². The average Bonchev–Trinajstić information content (AvgIpc) is 2.94. The van der Waals surface area contributed by atoms with Gasteiger partial charge in [-0.3, -0.25) is 0 Å². The fraction of sp³-hybridized carbons (Fsp3) is 0.250. The van der Waals surface area contributed by atoms with E-state index in [2.05, 4.69) is 19.9 Å². The van der Waals surface area contributed by atoms with Crippen molar-refractivity contribution < 1.29 is 9.90 Å². The molecule has 0 atom stereocenters. The molecule has 0 aliphatic carbocycles. The van der Waals surface area contributed by atoms with E-state index in [0.29, 0.717) is 16.4 Å². The third kappa shape index (κ3) is 3.87. The molecule has 0 radical (unpaired) electrons. The van der Waals surface area contributed by atoms with Gasteiger partial charge in [0.1, 0.15) is 10.9 Å². The largest absolute Gasteiger partial charge is 0.477 e. The summed E-state index contributed by atoms with van der Waals surface area (Å²) < 4.78 is 0. The molecule has 0 unspecified atom stereocenters. The third-order valence-electron chi connectivity index (χ3n) is 2.77. The number of aromatic carboxylic acids is 1. The van der Waals surface area contributed by atoms with Crippen molar-refractivity contribution in [3.8, 4) is 16.5 Å². The van der Waals surface area contributed by atoms with Crippen LogP contribution in [0.5, 0.6) is 0 Å². The summed E-state index contributed by atoms with van der Waals surface area (Å²) in [7, 11) is 0. The molecule has 0 spiro atoms. The first-order valence-electron chi connectivity index (χ1n) is 6.51. The summed E-state index contributed by atoms with van der Waals surface area (Å²) in [5, 5.41) is 18.3. The second kappa shape index (κ2) is 6.79. The Bertz CT molecular complexity index is 699. The van der Waals surface area contributed by atoms with E-state index in [1.165, 1.54) is 11.3 Å². The van der Waals surface area contributed by atoms with Crippen LogP contribution in [0.1, 0.15) is 29.1 Å². The Labute approximate surface area is 132 Å². The fourth-order valence-corrected chi connectivity index (χ4v) is 3.54. The zero-order valence-corrected chi connectivity index (χ0v) is 13.4. The van der Waals surface area contributed by atoms with Crippen molar-refractivity contribution in [2.45, 2.75) is 18.7 Å². The van der Waals surface area contributed by atoms with Gasteiger partial charge in [0.2, 0.25) is 0 Å². The number of thioether (sulfide) groups is 1. The number of nitrogens with zero attached hydrogens (tertiary/aromatic N) is 1. The van der Waals surface area contributed by atoms with Gasteiger partial charge in [0.25, 0.3) is 0 Å². The van der Waals surface area contributed by atoms with Crippen molar-refractivity contribution >= 4 is 29.1 Å².